The van der Waals surface area contributed by atoms with Crippen molar-refractivity contribution in [3.8, 4) is 5.75 Å². The minimum Gasteiger partial charge on any atom is -0.491 e. The average Bonchev–Trinajstić information content (AvgIpc) is 3.38. The molecule has 0 aliphatic carbocycles. The first-order chi connectivity index (χ1) is 21.1. The van der Waals surface area contributed by atoms with E-state index in [1.54, 1.807) is 18.3 Å². The van der Waals surface area contributed by atoms with Crippen LogP contribution in [0.3, 0.4) is 0 Å². The Hall–Kier alpha value is -4.68. The quantitative estimate of drug-likeness (QED) is 0.162. The molecule has 43 heavy (non-hydrogen) atoms. The van der Waals surface area contributed by atoms with Crippen LogP contribution in [-0.4, -0.2) is 65.5 Å². The molecular formula is C31H37N7O5. The second-order valence-corrected chi connectivity index (χ2v) is 10.2. The molecule has 5 rings (SSSR count). The van der Waals surface area contributed by atoms with Gasteiger partial charge in [0.2, 0.25) is 11.9 Å². The third-order valence-electron chi connectivity index (χ3n) is 6.99. The van der Waals surface area contributed by atoms with Gasteiger partial charge in [0.15, 0.2) is 0 Å². The van der Waals surface area contributed by atoms with Gasteiger partial charge in [-0.2, -0.15) is 0 Å². The van der Waals surface area contributed by atoms with Gasteiger partial charge in [-0.05, 0) is 49.1 Å². The number of nitrogens with zero attached hydrogens (tertiary/aromatic N) is 3. The molecular weight excluding hydrogens is 550 g/mol. The zero-order valence-electron chi connectivity index (χ0n) is 24.0. The Morgan fingerprint density at radius 3 is 2.74 bits per heavy atom. The molecule has 2 aromatic carbocycles. The number of amides is 2. The van der Waals surface area contributed by atoms with E-state index >= 15 is 0 Å². The molecule has 2 aromatic heterocycles. The monoisotopic (exact) mass is 587 g/mol. The van der Waals surface area contributed by atoms with Gasteiger partial charge in [-0.1, -0.05) is 36.4 Å². The van der Waals surface area contributed by atoms with Crippen LogP contribution in [0.15, 0.2) is 66.9 Å². The number of hydrogen-bond acceptors (Lipinski definition) is 9. The van der Waals surface area contributed by atoms with Crippen LogP contribution in [-0.2, 0) is 22.6 Å². The van der Waals surface area contributed by atoms with E-state index in [4.69, 9.17) is 24.9 Å². The van der Waals surface area contributed by atoms with E-state index in [0.29, 0.717) is 72.9 Å². The summed E-state index contributed by atoms with van der Waals surface area (Å²) in [6.45, 7) is 3.77. The second-order valence-electron chi connectivity index (χ2n) is 10.2. The van der Waals surface area contributed by atoms with E-state index in [2.05, 4.69) is 20.9 Å². The summed E-state index contributed by atoms with van der Waals surface area (Å²) in [5.41, 5.74) is 8.15. The lowest BCUT2D eigenvalue weighted by Crippen LogP contribution is -2.41. The molecule has 226 valence electrons. The highest BCUT2D eigenvalue weighted by Gasteiger charge is 2.19. The molecule has 3 heterocycles. The number of nitrogens with two attached hydrogens (primary N) is 1. The molecule has 2 amide bonds. The van der Waals surface area contributed by atoms with Crippen LogP contribution in [0.5, 0.6) is 5.75 Å². The zero-order valence-corrected chi connectivity index (χ0v) is 24.0. The number of carbonyl (C=O) groups is 2. The maximum absolute atomic E-state index is 12.3. The van der Waals surface area contributed by atoms with Crippen molar-refractivity contribution in [2.45, 2.75) is 38.5 Å². The predicted octanol–water partition coefficient (Wildman–Crippen LogP) is 3.74. The Labute approximate surface area is 249 Å². The predicted molar refractivity (Wildman–Crippen MR) is 162 cm³/mol. The number of ether oxygens (including phenoxy) is 3. The van der Waals surface area contributed by atoms with E-state index < -0.39 is 12.0 Å². The van der Waals surface area contributed by atoms with Crippen molar-refractivity contribution in [3.05, 3.63) is 78.0 Å². The molecule has 12 nitrogen and oxygen atoms in total. The van der Waals surface area contributed by atoms with Crippen molar-refractivity contribution in [1.82, 2.24) is 25.2 Å². The minimum absolute atomic E-state index is 0.198. The van der Waals surface area contributed by atoms with E-state index in [0.717, 1.165) is 31.6 Å². The summed E-state index contributed by atoms with van der Waals surface area (Å²) in [4.78, 5) is 33.6. The van der Waals surface area contributed by atoms with Crippen LogP contribution >= 0.6 is 0 Å². The van der Waals surface area contributed by atoms with Gasteiger partial charge < -0.3 is 40.5 Å². The second kappa shape index (κ2) is 15.0. The Kier molecular flexibility index (Phi) is 10.4. The van der Waals surface area contributed by atoms with Crippen LogP contribution in [0.4, 0.5) is 16.6 Å². The number of hydrogen-bond donors (Lipinski definition) is 4. The van der Waals surface area contributed by atoms with E-state index in [9.17, 15) is 9.59 Å². The minimum atomic E-state index is -0.567. The van der Waals surface area contributed by atoms with Gasteiger partial charge >= 0.3 is 6.09 Å². The topological polar surface area (TPSA) is 155 Å². The Morgan fingerprint density at radius 2 is 1.98 bits per heavy atom. The highest BCUT2D eigenvalue weighted by Crippen LogP contribution is 2.32. The summed E-state index contributed by atoms with van der Waals surface area (Å²) >= 11 is 0. The van der Waals surface area contributed by atoms with Crippen LogP contribution in [0.1, 0.15) is 35.2 Å². The summed E-state index contributed by atoms with van der Waals surface area (Å²) in [7, 11) is 0. The van der Waals surface area contributed by atoms with Crippen molar-refractivity contribution in [2.75, 3.05) is 38.2 Å². The lowest BCUT2D eigenvalue weighted by Gasteiger charge is -2.23. The number of aromatic nitrogens is 3. The molecule has 0 saturated carbocycles. The molecule has 1 fully saturated rings. The third kappa shape index (κ3) is 8.43. The molecule has 4 aromatic rings. The zero-order chi connectivity index (χ0) is 29.9. The molecule has 1 aliphatic heterocycles. The first-order valence-electron chi connectivity index (χ1n) is 14.5. The van der Waals surface area contributed by atoms with Crippen molar-refractivity contribution >= 4 is 34.8 Å². The highest BCUT2D eigenvalue weighted by molar-refractivity contribution is 5.99. The number of alkyl carbamates (subject to hydrolysis) is 1. The van der Waals surface area contributed by atoms with Crippen molar-refractivity contribution in [1.29, 1.82) is 0 Å². The van der Waals surface area contributed by atoms with Gasteiger partial charge in [-0.3, -0.25) is 4.79 Å². The van der Waals surface area contributed by atoms with Crippen LogP contribution in [0.2, 0.25) is 0 Å². The largest absolute Gasteiger partial charge is 0.491 e. The summed E-state index contributed by atoms with van der Waals surface area (Å²) in [5, 5.41) is 9.53. The molecule has 5 N–H and O–H groups in total. The fourth-order valence-electron chi connectivity index (χ4n) is 4.87. The van der Waals surface area contributed by atoms with E-state index in [-0.39, 0.29) is 6.61 Å². The van der Waals surface area contributed by atoms with E-state index in [1.165, 1.54) is 0 Å². The Balaban J connectivity index is 1.31. The van der Waals surface area contributed by atoms with Gasteiger partial charge in [-0.25, -0.2) is 14.8 Å². The number of benzene rings is 2. The normalized spacial score (nSPS) is 14.7. The number of pyridine rings is 1. The molecule has 0 radical (unpaired) electrons. The number of primary amides is 1. The number of fused-ring (bicyclic) bond motifs is 1. The molecule has 12 heteroatoms. The lowest BCUT2D eigenvalue weighted by atomic mass is 10.1. The smallest absolute Gasteiger partial charge is 0.407 e. The Morgan fingerprint density at radius 1 is 1.12 bits per heavy atom. The van der Waals surface area contributed by atoms with Crippen LogP contribution in [0, 0.1) is 0 Å². The van der Waals surface area contributed by atoms with E-state index in [1.807, 2.05) is 53.1 Å². The maximum Gasteiger partial charge on any atom is 0.407 e. The Bertz CT molecular complexity index is 1490. The first kappa shape index (κ1) is 29.8. The molecule has 1 atom stereocenters. The summed E-state index contributed by atoms with van der Waals surface area (Å²) in [5.74, 6) is 1.08. The van der Waals surface area contributed by atoms with Gasteiger partial charge in [0.05, 0.1) is 25.3 Å². The van der Waals surface area contributed by atoms with Gasteiger partial charge in [0.1, 0.15) is 23.7 Å². The van der Waals surface area contributed by atoms with Gasteiger partial charge in [0, 0.05) is 37.4 Å². The van der Waals surface area contributed by atoms with Gasteiger partial charge in [0.25, 0.3) is 0 Å². The number of morpholine rings is 1. The fourth-order valence-corrected chi connectivity index (χ4v) is 4.87. The standard InChI is InChI=1S/C31H37N7O5/c32-29(39)23-18-25-28(26(19-23)42-16-6-10-24-21-41-17-14-33-24)38(30(36-25)37-27-11-4-5-12-34-27)15-7-13-35-31(40)43-20-22-8-2-1-3-9-22/h1-5,8-9,11-12,18-19,24,33H,6-7,10,13-17,20-21H2,(H2,32,39)(H,35,40)(H,34,36,37). The maximum atomic E-state index is 12.3. The number of anilines is 2. The number of imidazole rings is 1. The first-order valence-corrected chi connectivity index (χ1v) is 14.5. The fraction of sp³-hybridized carbons (Fsp3) is 0.355. The van der Waals surface area contributed by atoms with Crippen LogP contribution in [0.25, 0.3) is 11.0 Å². The number of aryl methyl sites for hydroxylation is 1. The molecule has 1 aliphatic rings. The molecule has 0 spiro atoms. The molecule has 1 saturated heterocycles. The summed E-state index contributed by atoms with van der Waals surface area (Å²) in [6.07, 6.45) is 3.47. The van der Waals surface area contributed by atoms with Crippen molar-refractivity contribution < 1.29 is 23.8 Å². The van der Waals surface area contributed by atoms with Crippen molar-refractivity contribution in [3.63, 3.8) is 0 Å². The SMILES string of the molecule is NC(=O)c1cc(OCCCC2COCCN2)c2c(c1)nc(Nc1ccccn1)n2CCCNC(=O)OCc1ccccc1. The number of carbonyl (C=O) groups excluding carboxylic acids is 2. The van der Waals surface area contributed by atoms with Crippen molar-refractivity contribution in [2.24, 2.45) is 5.73 Å². The number of rotatable bonds is 14. The molecule has 1 unspecified atom stereocenters. The summed E-state index contributed by atoms with van der Waals surface area (Å²) in [6, 6.07) is 18.7. The average molecular weight is 588 g/mol. The van der Waals surface area contributed by atoms with Gasteiger partial charge in [-0.15, -0.1) is 0 Å². The summed E-state index contributed by atoms with van der Waals surface area (Å²) < 4.78 is 19.1. The lowest BCUT2D eigenvalue weighted by molar-refractivity contribution is 0.0722. The van der Waals surface area contributed by atoms with Crippen LogP contribution < -0.4 is 26.4 Å². The third-order valence-corrected chi connectivity index (χ3v) is 6.99. The number of nitrogens with one attached hydrogen (secondary N) is 3. The highest BCUT2D eigenvalue weighted by atomic mass is 16.5. The molecule has 0 bridgehead atoms.